The van der Waals surface area contributed by atoms with Gasteiger partial charge in [-0.3, -0.25) is 4.99 Å². The number of phenolic OH excluding ortho intramolecular Hbond substituents is 1. The molecule has 0 aromatic heterocycles. The summed E-state index contributed by atoms with van der Waals surface area (Å²) in [7, 11) is 3.04. The van der Waals surface area contributed by atoms with E-state index in [0.717, 1.165) is 5.75 Å². The second-order valence-electron chi connectivity index (χ2n) is 12.6. The van der Waals surface area contributed by atoms with Crippen LogP contribution in [0.15, 0.2) is 59.1 Å². The van der Waals surface area contributed by atoms with E-state index in [0.29, 0.717) is 41.5 Å². The number of hydrogen-bond acceptors (Lipinski definition) is 13. The molecule has 0 amide bonds. The highest BCUT2D eigenvalue weighted by molar-refractivity contribution is 8.76. The highest BCUT2D eigenvalue weighted by atomic mass is 33.1. The molecule has 0 spiro atoms. The van der Waals surface area contributed by atoms with E-state index in [-0.39, 0.29) is 48.2 Å². The number of phenols is 1. The van der Waals surface area contributed by atoms with Crippen LogP contribution in [0.1, 0.15) is 25.0 Å². The molecular weight excluding hydrogens is 661 g/mol. The number of aliphatic hydroxyl groups is 3. The zero-order chi connectivity index (χ0) is 34.0. The molecular formula is C34H40N2O10S2. The van der Waals surface area contributed by atoms with Crippen LogP contribution in [-0.2, 0) is 14.3 Å². The fourth-order valence-corrected chi connectivity index (χ4v) is 8.63. The number of β-amino-alcohol motifs (C(OH)–C–C–N with tert-alkyl or cyclic N) is 1. The Morgan fingerprint density at radius 2 is 1.94 bits per heavy atom. The molecule has 4 heterocycles. The van der Waals surface area contributed by atoms with Gasteiger partial charge in [0.05, 0.1) is 12.1 Å². The molecule has 2 fully saturated rings. The van der Waals surface area contributed by atoms with Crippen molar-refractivity contribution in [3.05, 3.63) is 65.2 Å². The van der Waals surface area contributed by atoms with Crippen molar-refractivity contribution in [2.24, 2.45) is 22.7 Å². The Morgan fingerprint density at radius 3 is 2.65 bits per heavy atom. The Labute approximate surface area is 286 Å². The number of aliphatic hydroxyl groups excluding tert-OH is 2. The van der Waals surface area contributed by atoms with Gasteiger partial charge in [0.25, 0.3) is 0 Å². The lowest BCUT2D eigenvalue weighted by Crippen LogP contribution is -2.72. The van der Waals surface area contributed by atoms with E-state index in [1.54, 1.807) is 35.1 Å². The number of aromatic hydroxyl groups is 1. The van der Waals surface area contributed by atoms with Crippen LogP contribution in [0.3, 0.4) is 0 Å². The summed E-state index contributed by atoms with van der Waals surface area (Å²) >= 11 is 0. The van der Waals surface area contributed by atoms with Crippen molar-refractivity contribution in [3.63, 3.8) is 0 Å². The number of aliphatic imine (C=N–C) groups is 1. The fourth-order valence-electron chi connectivity index (χ4n) is 6.58. The SMILES string of the molecule is CC(C)[C@@H]1CNC[C@]2(O)[C@H](Oc3ccc4c(c3)OCC(c3ccc(O)cc3)=C4O)O[C@H](C(=O)O)[C@@H](O)[C@@H]2OCSSC[C@H]1C1=CCN=C1. The van der Waals surface area contributed by atoms with Gasteiger partial charge in [-0.15, -0.1) is 0 Å². The number of carboxylic acids is 1. The highest BCUT2D eigenvalue weighted by Crippen LogP contribution is 2.41. The monoisotopic (exact) mass is 700 g/mol. The zero-order valence-corrected chi connectivity index (χ0v) is 28.2. The molecule has 0 radical (unpaired) electrons. The van der Waals surface area contributed by atoms with Gasteiger partial charge in [-0.25, -0.2) is 4.79 Å². The smallest absolute Gasteiger partial charge is 0.335 e. The summed E-state index contributed by atoms with van der Waals surface area (Å²) in [5.74, 6) is 0.714. The minimum atomic E-state index is -2.02. The molecule has 4 aliphatic heterocycles. The number of nitrogens with one attached hydrogen (secondary N) is 1. The van der Waals surface area contributed by atoms with Gasteiger partial charge in [0, 0.05) is 30.2 Å². The number of hydrogen-bond donors (Lipinski definition) is 6. The van der Waals surface area contributed by atoms with Crippen LogP contribution >= 0.6 is 21.6 Å². The molecule has 258 valence electrons. The van der Waals surface area contributed by atoms with Gasteiger partial charge in [-0.1, -0.05) is 53.6 Å². The number of rotatable bonds is 6. The van der Waals surface area contributed by atoms with Crippen LogP contribution in [0.4, 0.5) is 0 Å². The largest absolute Gasteiger partial charge is 0.508 e. The Balaban J connectivity index is 1.28. The normalized spacial score (nSPS) is 31.1. The summed E-state index contributed by atoms with van der Waals surface area (Å²) in [6.45, 7) is 5.40. The number of benzene rings is 2. The van der Waals surface area contributed by atoms with Crippen molar-refractivity contribution in [3.8, 4) is 17.2 Å². The number of carbonyl (C=O) groups is 1. The van der Waals surface area contributed by atoms with Crippen LogP contribution in [0.5, 0.6) is 17.2 Å². The van der Waals surface area contributed by atoms with Crippen molar-refractivity contribution in [1.29, 1.82) is 0 Å². The molecule has 14 heteroatoms. The quantitative estimate of drug-likeness (QED) is 0.241. The number of carboxylic acid groups (broad SMARTS) is 1. The molecule has 6 N–H and O–H groups in total. The fraction of sp³-hybridized carbons (Fsp3) is 0.471. The van der Waals surface area contributed by atoms with Gasteiger partial charge in [0.15, 0.2) is 11.7 Å². The molecule has 2 aromatic carbocycles. The Hall–Kier alpha value is -3.24. The summed E-state index contributed by atoms with van der Waals surface area (Å²) < 4.78 is 24.0. The molecule has 7 atom stereocenters. The number of fused-ring (bicyclic) bond motifs is 2. The lowest BCUT2D eigenvalue weighted by atomic mass is 9.79. The maximum atomic E-state index is 12.3. The predicted molar refractivity (Wildman–Crippen MR) is 183 cm³/mol. The average molecular weight is 701 g/mol. The third-order valence-electron chi connectivity index (χ3n) is 9.25. The molecule has 0 bridgehead atoms. The molecule has 0 unspecified atom stereocenters. The summed E-state index contributed by atoms with van der Waals surface area (Å²) in [5.41, 5.74) is 0.785. The number of aliphatic carboxylic acids is 1. The summed E-state index contributed by atoms with van der Waals surface area (Å²) in [5, 5.41) is 57.5. The van der Waals surface area contributed by atoms with Crippen molar-refractivity contribution in [1.82, 2.24) is 5.32 Å². The van der Waals surface area contributed by atoms with E-state index >= 15 is 0 Å². The molecule has 4 aliphatic rings. The lowest BCUT2D eigenvalue weighted by Gasteiger charge is -2.48. The van der Waals surface area contributed by atoms with Gasteiger partial charge in [-0.2, -0.15) is 0 Å². The van der Waals surface area contributed by atoms with Crippen molar-refractivity contribution < 1.29 is 49.3 Å². The van der Waals surface area contributed by atoms with Crippen molar-refractivity contribution in [2.75, 3.05) is 37.9 Å². The second kappa shape index (κ2) is 14.7. The first-order valence-electron chi connectivity index (χ1n) is 15.8. The Morgan fingerprint density at radius 1 is 1.15 bits per heavy atom. The van der Waals surface area contributed by atoms with E-state index in [4.69, 9.17) is 18.9 Å². The summed E-state index contributed by atoms with van der Waals surface area (Å²) in [6.07, 6.45) is -2.29. The standard InChI is InChI=1S/C34H40N2O10S2/c1-18(2)24-13-36-16-34(42)31(44-17-48-47-15-26(24)20-9-10-35-12-20)29(39)30(32(40)41)46-33(34)45-22-7-8-23-27(11-22)43-14-25(28(23)38)19-3-5-21(37)6-4-19/h3-9,11-12,18,24,26,29-31,33,36-39,42H,10,13-17H2,1-2H3,(H,40,41)/t24-,26-,29+,30-,31-,33+,34+/m0/s1. The first kappa shape index (κ1) is 34.6. The molecule has 6 rings (SSSR count). The number of allylic oxidation sites excluding steroid dienone is 1. The topological polar surface area (TPSA) is 180 Å². The molecule has 2 aromatic rings. The highest BCUT2D eigenvalue weighted by Gasteiger charge is 2.59. The maximum absolute atomic E-state index is 12.3. The lowest BCUT2D eigenvalue weighted by molar-refractivity contribution is -0.316. The van der Waals surface area contributed by atoms with E-state index in [9.17, 15) is 30.3 Å². The molecule has 2 saturated heterocycles. The molecule has 48 heavy (non-hydrogen) atoms. The van der Waals surface area contributed by atoms with E-state index in [2.05, 4.69) is 30.2 Å². The first-order valence-corrected chi connectivity index (χ1v) is 18.3. The van der Waals surface area contributed by atoms with Crippen LogP contribution in [-0.4, -0.2) is 106 Å². The van der Waals surface area contributed by atoms with E-state index < -0.39 is 36.2 Å². The molecule has 12 nitrogen and oxygen atoms in total. The summed E-state index contributed by atoms with van der Waals surface area (Å²) in [4.78, 5) is 16.6. The number of nitrogens with zero attached hydrogens (tertiary/aromatic N) is 1. The van der Waals surface area contributed by atoms with Gasteiger partial charge in [-0.05, 0) is 59.7 Å². The second-order valence-corrected chi connectivity index (χ2v) is 15.1. The first-order chi connectivity index (χ1) is 23.1. The third kappa shape index (κ3) is 7.06. The molecule has 0 saturated carbocycles. The minimum absolute atomic E-state index is 0.0000913. The summed E-state index contributed by atoms with van der Waals surface area (Å²) in [6, 6.07) is 11.1. The predicted octanol–water partition coefficient (Wildman–Crippen LogP) is 3.72. The number of ether oxygens (including phenoxy) is 4. The average Bonchev–Trinajstić information content (AvgIpc) is 3.59. The van der Waals surface area contributed by atoms with Gasteiger partial charge >= 0.3 is 5.97 Å². The molecule has 0 aliphatic carbocycles. The third-order valence-corrected chi connectivity index (χ3v) is 11.3. The minimum Gasteiger partial charge on any atom is -0.508 e. The van der Waals surface area contributed by atoms with Gasteiger partial charge in [0.1, 0.15) is 47.8 Å². The van der Waals surface area contributed by atoms with Crippen LogP contribution in [0.2, 0.25) is 0 Å². The van der Waals surface area contributed by atoms with Crippen molar-refractivity contribution in [2.45, 2.75) is 44.1 Å². The zero-order valence-electron chi connectivity index (χ0n) is 26.5. The Bertz CT molecular complexity index is 1580. The van der Waals surface area contributed by atoms with Crippen LogP contribution in [0.25, 0.3) is 11.3 Å². The van der Waals surface area contributed by atoms with Gasteiger partial charge < -0.3 is 49.8 Å². The van der Waals surface area contributed by atoms with E-state index in [1.807, 2.05) is 6.21 Å². The maximum Gasteiger partial charge on any atom is 0.335 e. The van der Waals surface area contributed by atoms with Crippen molar-refractivity contribution >= 4 is 45.1 Å². The Kier molecular flexibility index (Phi) is 10.6. The van der Waals surface area contributed by atoms with Crippen LogP contribution in [0, 0.1) is 17.8 Å². The van der Waals surface area contributed by atoms with Gasteiger partial charge in [0.2, 0.25) is 6.29 Å². The van der Waals surface area contributed by atoms with E-state index in [1.165, 1.54) is 34.6 Å². The van der Waals surface area contributed by atoms with Crippen LogP contribution < -0.4 is 14.8 Å².